The molecule has 1 amide bonds. The van der Waals surface area contributed by atoms with Crippen molar-refractivity contribution >= 4 is 5.91 Å². The monoisotopic (exact) mass is 153 g/mol. The molecule has 0 saturated carbocycles. The number of rotatable bonds is 1. The summed E-state index contributed by atoms with van der Waals surface area (Å²) in [6.45, 7) is 0.878. The smallest absolute Gasteiger partial charge is 0.250 e. The fourth-order valence-corrected chi connectivity index (χ4v) is 1.22. The second-order valence-electron chi connectivity index (χ2n) is 2.60. The molecule has 11 heavy (non-hydrogen) atoms. The first kappa shape index (κ1) is 8.02. The summed E-state index contributed by atoms with van der Waals surface area (Å²) in [4.78, 5) is 11.0. The summed E-state index contributed by atoms with van der Waals surface area (Å²) >= 11 is 0. The summed E-state index contributed by atoms with van der Waals surface area (Å²) in [5, 5.41) is 13.3. The maximum absolute atomic E-state index is 11.0. The number of piperidine rings is 1. The van der Waals surface area contributed by atoms with E-state index in [4.69, 9.17) is 5.26 Å². The number of amides is 1. The minimum absolute atomic E-state index is 0.150. The maximum Gasteiger partial charge on any atom is 0.250 e. The van der Waals surface area contributed by atoms with E-state index in [1.54, 1.807) is 6.19 Å². The van der Waals surface area contributed by atoms with Gasteiger partial charge in [-0.2, -0.15) is 5.26 Å². The molecule has 1 aliphatic rings. The van der Waals surface area contributed by atoms with Gasteiger partial charge in [0.05, 0.1) is 6.04 Å². The van der Waals surface area contributed by atoms with Gasteiger partial charge in [0.15, 0.2) is 6.19 Å². The number of carbonyl (C=O) groups excluding carboxylic acids is 1. The van der Waals surface area contributed by atoms with Crippen molar-refractivity contribution in [2.24, 2.45) is 0 Å². The van der Waals surface area contributed by atoms with E-state index in [0.29, 0.717) is 0 Å². The molecule has 1 heterocycles. The Morgan fingerprint density at radius 1 is 1.64 bits per heavy atom. The molecule has 0 aromatic heterocycles. The molecule has 4 heteroatoms. The van der Waals surface area contributed by atoms with Crippen molar-refractivity contribution in [3.8, 4) is 6.19 Å². The average molecular weight is 153 g/mol. The molecule has 1 atom stereocenters. The summed E-state index contributed by atoms with van der Waals surface area (Å²) in [7, 11) is 0. The van der Waals surface area contributed by atoms with Crippen LogP contribution in [-0.2, 0) is 4.79 Å². The van der Waals surface area contributed by atoms with Crippen LogP contribution in [0.5, 0.6) is 0 Å². The van der Waals surface area contributed by atoms with Gasteiger partial charge in [-0.05, 0) is 19.4 Å². The van der Waals surface area contributed by atoms with Crippen molar-refractivity contribution in [2.75, 3.05) is 6.54 Å². The van der Waals surface area contributed by atoms with Gasteiger partial charge < -0.3 is 5.32 Å². The zero-order chi connectivity index (χ0) is 8.10. The zero-order valence-corrected chi connectivity index (χ0v) is 6.26. The Balaban J connectivity index is 2.34. The second kappa shape index (κ2) is 3.94. The zero-order valence-electron chi connectivity index (χ0n) is 6.26. The van der Waals surface area contributed by atoms with Crippen LogP contribution in [0.4, 0.5) is 0 Å². The van der Waals surface area contributed by atoms with Gasteiger partial charge >= 0.3 is 0 Å². The van der Waals surface area contributed by atoms with Gasteiger partial charge in [0.2, 0.25) is 5.91 Å². The van der Waals surface area contributed by atoms with Crippen LogP contribution >= 0.6 is 0 Å². The van der Waals surface area contributed by atoms with Crippen LogP contribution in [0, 0.1) is 11.5 Å². The average Bonchev–Trinajstić information content (AvgIpc) is 2.07. The molecular weight excluding hydrogens is 142 g/mol. The third-order valence-electron chi connectivity index (χ3n) is 1.81. The number of nitriles is 1. The molecule has 0 aromatic carbocycles. The molecule has 0 bridgehead atoms. The van der Waals surface area contributed by atoms with Crippen molar-refractivity contribution in [1.82, 2.24) is 10.6 Å². The van der Waals surface area contributed by atoms with Crippen LogP contribution in [0.2, 0.25) is 0 Å². The lowest BCUT2D eigenvalue weighted by molar-refractivity contribution is -0.122. The third-order valence-corrected chi connectivity index (χ3v) is 1.81. The third kappa shape index (κ3) is 2.20. The van der Waals surface area contributed by atoms with Gasteiger partial charge in [0.1, 0.15) is 0 Å². The minimum atomic E-state index is -0.202. The molecule has 1 fully saturated rings. The van der Waals surface area contributed by atoms with Crippen molar-refractivity contribution < 1.29 is 4.79 Å². The maximum atomic E-state index is 11.0. The Labute approximate surface area is 65.6 Å². The summed E-state index contributed by atoms with van der Waals surface area (Å²) in [6, 6.07) is -0.150. The number of nitrogens with zero attached hydrogens (tertiary/aromatic N) is 1. The topological polar surface area (TPSA) is 64.9 Å². The van der Waals surface area contributed by atoms with Crippen LogP contribution in [0.1, 0.15) is 19.3 Å². The molecule has 1 aliphatic heterocycles. The SMILES string of the molecule is N#CNC(=O)C1CCCCN1. The van der Waals surface area contributed by atoms with Gasteiger partial charge in [-0.25, -0.2) is 0 Å². The van der Waals surface area contributed by atoms with Crippen LogP contribution in [0.25, 0.3) is 0 Å². The molecule has 0 radical (unpaired) electrons. The summed E-state index contributed by atoms with van der Waals surface area (Å²) in [5.74, 6) is -0.202. The molecule has 1 rings (SSSR count). The minimum Gasteiger partial charge on any atom is -0.306 e. The van der Waals surface area contributed by atoms with Gasteiger partial charge in [-0.3, -0.25) is 10.1 Å². The Hall–Kier alpha value is -1.08. The van der Waals surface area contributed by atoms with Crippen LogP contribution in [0.3, 0.4) is 0 Å². The van der Waals surface area contributed by atoms with E-state index in [-0.39, 0.29) is 11.9 Å². The first-order valence-corrected chi connectivity index (χ1v) is 3.77. The Kier molecular flexibility index (Phi) is 2.87. The summed E-state index contributed by atoms with van der Waals surface area (Å²) in [6.07, 6.45) is 4.65. The lowest BCUT2D eigenvalue weighted by atomic mass is 10.0. The quantitative estimate of drug-likeness (QED) is 0.402. The van der Waals surface area contributed by atoms with E-state index in [0.717, 1.165) is 25.8 Å². The van der Waals surface area contributed by atoms with E-state index in [9.17, 15) is 4.79 Å². The predicted octanol–water partition coefficient (Wildman–Crippen LogP) is -0.274. The number of hydrogen-bond acceptors (Lipinski definition) is 3. The predicted molar refractivity (Wildman–Crippen MR) is 39.4 cm³/mol. The first-order chi connectivity index (χ1) is 5.34. The van der Waals surface area contributed by atoms with Gasteiger partial charge in [0, 0.05) is 0 Å². The largest absolute Gasteiger partial charge is 0.306 e. The first-order valence-electron chi connectivity index (χ1n) is 3.77. The number of hydrogen-bond donors (Lipinski definition) is 2. The fourth-order valence-electron chi connectivity index (χ4n) is 1.22. The Bertz CT molecular complexity index is 179. The molecule has 60 valence electrons. The highest BCUT2D eigenvalue weighted by atomic mass is 16.2. The molecule has 2 N–H and O–H groups in total. The Morgan fingerprint density at radius 3 is 3.00 bits per heavy atom. The molecule has 0 spiro atoms. The standard InChI is InChI=1S/C7H11N3O/c8-5-10-7(11)6-3-1-2-4-9-6/h6,9H,1-4H2,(H,10,11). The van der Waals surface area contributed by atoms with E-state index in [1.165, 1.54) is 0 Å². The van der Waals surface area contributed by atoms with Crippen molar-refractivity contribution in [1.29, 1.82) is 5.26 Å². The van der Waals surface area contributed by atoms with Crippen molar-refractivity contribution in [3.05, 3.63) is 0 Å². The van der Waals surface area contributed by atoms with E-state index >= 15 is 0 Å². The number of carbonyl (C=O) groups is 1. The van der Waals surface area contributed by atoms with Crippen LogP contribution in [0.15, 0.2) is 0 Å². The fraction of sp³-hybridized carbons (Fsp3) is 0.714. The molecule has 4 nitrogen and oxygen atoms in total. The van der Waals surface area contributed by atoms with E-state index in [1.807, 2.05) is 0 Å². The normalized spacial score (nSPS) is 23.7. The molecule has 0 aromatic rings. The number of nitrogens with one attached hydrogen (secondary N) is 2. The molecule has 1 unspecified atom stereocenters. The van der Waals surface area contributed by atoms with Crippen molar-refractivity contribution in [2.45, 2.75) is 25.3 Å². The molecule has 1 saturated heterocycles. The van der Waals surface area contributed by atoms with Crippen LogP contribution in [-0.4, -0.2) is 18.5 Å². The van der Waals surface area contributed by atoms with E-state index < -0.39 is 0 Å². The van der Waals surface area contributed by atoms with Gasteiger partial charge in [-0.1, -0.05) is 6.42 Å². The summed E-state index contributed by atoms with van der Waals surface area (Å²) in [5.41, 5.74) is 0. The lowest BCUT2D eigenvalue weighted by Gasteiger charge is -2.20. The Morgan fingerprint density at radius 2 is 2.45 bits per heavy atom. The summed E-state index contributed by atoms with van der Waals surface area (Å²) < 4.78 is 0. The lowest BCUT2D eigenvalue weighted by Crippen LogP contribution is -2.45. The van der Waals surface area contributed by atoms with Crippen molar-refractivity contribution in [3.63, 3.8) is 0 Å². The van der Waals surface area contributed by atoms with Gasteiger partial charge in [0.25, 0.3) is 0 Å². The highest BCUT2D eigenvalue weighted by Crippen LogP contribution is 2.06. The second-order valence-corrected chi connectivity index (χ2v) is 2.60. The van der Waals surface area contributed by atoms with E-state index in [2.05, 4.69) is 10.6 Å². The van der Waals surface area contributed by atoms with Crippen LogP contribution < -0.4 is 10.6 Å². The highest BCUT2D eigenvalue weighted by molar-refractivity contribution is 5.83. The molecule has 0 aliphatic carbocycles. The molecular formula is C7H11N3O. The van der Waals surface area contributed by atoms with Gasteiger partial charge in [-0.15, -0.1) is 0 Å². The highest BCUT2D eigenvalue weighted by Gasteiger charge is 2.19.